The van der Waals surface area contributed by atoms with Crippen LogP contribution in [0.5, 0.6) is 0 Å². The average Bonchev–Trinajstić information content (AvgIpc) is 2.25. The van der Waals surface area contributed by atoms with Gasteiger partial charge in [0.1, 0.15) is 0 Å². The van der Waals surface area contributed by atoms with E-state index in [1.165, 1.54) is 0 Å². The first-order valence-corrected chi connectivity index (χ1v) is 4.82. The lowest BCUT2D eigenvalue weighted by atomic mass is 9.97. The maximum atomic E-state index is 10.8. The maximum absolute atomic E-state index is 10.8. The highest BCUT2D eigenvalue weighted by Gasteiger charge is 2.31. The van der Waals surface area contributed by atoms with Gasteiger partial charge in [0.25, 0.3) is 0 Å². The van der Waals surface area contributed by atoms with Gasteiger partial charge in [-0.05, 0) is 19.3 Å². The van der Waals surface area contributed by atoms with Gasteiger partial charge in [0.05, 0.1) is 19.1 Å². The van der Waals surface area contributed by atoms with Crippen LogP contribution < -0.4 is 5.32 Å². The number of ether oxygens (including phenoxy) is 1. The fraction of sp³-hybridized carbons (Fsp3) is 0.889. The van der Waals surface area contributed by atoms with Gasteiger partial charge in [-0.3, -0.25) is 4.79 Å². The van der Waals surface area contributed by atoms with E-state index in [0.717, 1.165) is 19.4 Å². The largest absolute Gasteiger partial charge is 0.481 e. The summed E-state index contributed by atoms with van der Waals surface area (Å²) in [6.07, 6.45) is 2.42. The molecule has 3 atom stereocenters. The van der Waals surface area contributed by atoms with Crippen LogP contribution in [-0.4, -0.2) is 36.4 Å². The number of fused-ring (bicyclic) bond motifs is 2. The van der Waals surface area contributed by atoms with Gasteiger partial charge in [0.15, 0.2) is 0 Å². The molecule has 2 aliphatic rings. The molecule has 2 heterocycles. The second-order valence-corrected chi connectivity index (χ2v) is 3.95. The normalized spacial score (nSPS) is 39.5. The van der Waals surface area contributed by atoms with Crippen LogP contribution in [0.25, 0.3) is 0 Å². The third kappa shape index (κ3) is 2.00. The number of rotatable bonds is 1. The Kier molecular flexibility index (Phi) is 2.51. The van der Waals surface area contributed by atoms with Crippen LogP contribution >= 0.6 is 0 Å². The first-order chi connectivity index (χ1) is 6.25. The molecule has 0 spiro atoms. The minimum atomic E-state index is -0.658. The van der Waals surface area contributed by atoms with E-state index in [4.69, 9.17) is 9.84 Å². The topological polar surface area (TPSA) is 58.6 Å². The van der Waals surface area contributed by atoms with Crippen molar-refractivity contribution in [3.05, 3.63) is 0 Å². The zero-order chi connectivity index (χ0) is 9.26. The van der Waals surface area contributed by atoms with Crippen LogP contribution in [0.1, 0.15) is 19.3 Å². The van der Waals surface area contributed by atoms with Crippen molar-refractivity contribution in [2.45, 2.75) is 31.3 Å². The SMILES string of the molecule is O=C(O)C1CCC2COCC(C1)N2. The molecule has 0 aromatic carbocycles. The Labute approximate surface area is 77.3 Å². The molecule has 74 valence electrons. The summed E-state index contributed by atoms with van der Waals surface area (Å²) in [5, 5.41) is 12.3. The van der Waals surface area contributed by atoms with Gasteiger partial charge < -0.3 is 15.2 Å². The molecule has 13 heavy (non-hydrogen) atoms. The number of aliphatic carboxylic acids is 1. The highest BCUT2D eigenvalue weighted by atomic mass is 16.5. The summed E-state index contributed by atoms with van der Waals surface area (Å²) in [7, 11) is 0. The molecule has 2 fully saturated rings. The number of carboxylic acid groups (broad SMARTS) is 1. The summed E-state index contributed by atoms with van der Waals surface area (Å²) in [6, 6.07) is 0.630. The van der Waals surface area contributed by atoms with Crippen molar-refractivity contribution < 1.29 is 14.6 Å². The lowest BCUT2D eigenvalue weighted by molar-refractivity contribution is -0.142. The van der Waals surface area contributed by atoms with Crippen molar-refractivity contribution in [1.29, 1.82) is 0 Å². The predicted octanol–water partition coefficient (Wildman–Crippen LogP) is 0.228. The fourth-order valence-electron chi connectivity index (χ4n) is 2.17. The van der Waals surface area contributed by atoms with E-state index in [-0.39, 0.29) is 12.0 Å². The Morgan fingerprint density at radius 2 is 2.08 bits per heavy atom. The molecular weight excluding hydrogens is 170 g/mol. The van der Waals surface area contributed by atoms with Crippen LogP contribution in [-0.2, 0) is 9.53 Å². The van der Waals surface area contributed by atoms with Crippen molar-refractivity contribution in [3.63, 3.8) is 0 Å². The average molecular weight is 185 g/mol. The second-order valence-electron chi connectivity index (χ2n) is 3.95. The van der Waals surface area contributed by atoms with Crippen LogP contribution in [0.2, 0.25) is 0 Å². The molecule has 0 amide bonds. The molecule has 2 saturated heterocycles. The van der Waals surface area contributed by atoms with Crippen LogP contribution in [0.3, 0.4) is 0 Å². The van der Waals surface area contributed by atoms with E-state index in [1.54, 1.807) is 0 Å². The summed E-state index contributed by atoms with van der Waals surface area (Å²) in [4.78, 5) is 10.8. The maximum Gasteiger partial charge on any atom is 0.306 e. The second kappa shape index (κ2) is 3.64. The van der Waals surface area contributed by atoms with E-state index >= 15 is 0 Å². The lowest BCUT2D eigenvalue weighted by Crippen LogP contribution is -2.47. The van der Waals surface area contributed by atoms with Gasteiger partial charge in [0.2, 0.25) is 0 Å². The van der Waals surface area contributed by atoms with E-state index in [2.05, 4.69) is 5.32 Å². The molecule has 2 bridgehead atoms. The Morgan fingerprint density at radius 3 is 2.85 bits per heavy atom. The van der Waals surface area contributed by atoms with Gasteiger partial charge in [-0.1, -0.05) is 0 Å². The van der Waals surface area contributed by atoms with E-state index in [9.17, 15) is 4.79 Å². The van der Waals surface area contributed by atoms with Gasteiger partial charge in [-0.25, -0.2) is 0 Å². The Hall–Kier alpha value is -0.610. The predicted molar refractivity (Wildman–Crippen MR) is 46.5 cm³/mol. The van der Waals surface area contributed by atoms with Crippen molar-refractivity contribution >= 4 is 5.97 Å². The number of morpholine rings is 1. The third-order valence-corrected chi connectivity index (χ3v) is 2.89. The van der Waals surface area contributed by atoms with E-state index in [1.807, 2.05) is 0 Å². The van der Waals surface area contributed by atoms with Crippen LogP contribution in [0, 0.1) is 5.92 Å². The van der Waals surface area contributed by atoms with E-state index < -0.39 is 5.97 Å². The molecular formula is C9H15NO3. The molecule has 2 N–H and O–H groups in total. The number of carboxylic acids is 1. The molecule has 4 heteroatoms. The summed E-state index contributed by atoms with van der Waals surface area (Å²) in [5.41, 5.74) is 0. The smallest absolute Gasteiger partial charge is 0.306 e. The standard InChI is InChI=1S/C9H15NO3/c11-9(12)6-1-2-7-4-13-5-8(3-6)10-7/h6-8,10H,1-5H2,(H,11,12). The molecule has 0 aromatic heterocycles. The summed E-state index contributed by atoms with van der Waals surface area (Å²) >= 11 is 0. The molecule has 0 saturated carbocycles. The van der Waals surface area contributed by atoms with Gasteiger partial charge in [-0.2, -0.15) is 0 Å². The first-order valence-electron chi connectivity index (χ1n) is 4.82. The molecule has 3 unspecified atom stereocenters. The molecule has 2 aliphatic heterocycles. The highest BCUT2D eigenvalue weighted by molar-refractivity contribution is 5.70. The quantitative estimate of drug-likeness (QED) is 0.614. The van der Waals surface area contributed by atoms with E-state index in [0.29, 0.717) is 19.1 Å². The monoisotopic (exact) mass is 185 g/mol. The third-order valence-electron chi connectivity index (χ3n) is 2.89. The summed E-state index contributed by atoms with van der Waals surface area (Å²) < 4.78 is 5.39. The van der Waals surface area contributed by atoms with Crippen LogP contribution in [0.4, 0.5) is 0 Å². The number of carbonyl (C=O) groups is 1. The van der Waals surface area contributed by atoms with Crippen molar-refractivity contribution in [3.8, 4) is 0 Å². The van der Waals surface area contributed by atoms with Crippen molar-refractivity contribution in [2.75, 3.05) is 13.2 Å². The zero-order valence-corrected chi connectivity index (χ0v) is 7.53. The molecule has 2 rings (SSSR count). The fourth-order valence-corrected chi connectivity index (χ4v) is 2.17. The first kappa shape index (κ1) is 8.97. The lowest BCUT2D eigenvalue weighted by Gasteiger charge is -2.28. The van der Waals surface area contributed by atoms with Gasteiger partial charge in [-0.15, -0.1) is 0 Å². The highest BCUT2D eigenvalue weighted by Crippen LogP contribution is 2.23. The number of hydrogen-bond acceptors (Lipinski definition) is 3. The molecule has 0 aliphatic carbocycles. The summed E-state index contributed by atoms with van der Waals surface area (Å²) in [5.74, 6) is -0.835. The zero-order valence-electron chi connectivity index (χ0n) is 7.53. The molecule has 0 radical (unpaired) electrons. The minimum Gasteiger partial charge on any atom is -0.481 e. The number of hydrogen-bond donors (Lipinski definition) is 2. The Balaban J connectivity index is 2.01. The van der Waals surface area contributed by atoms with Crippen LogP contribution in [0.15, 0.2) is 0 Å². The van der Waals surface area contributed by atoms with Crippen molar-refractivity contribution in [1.82, 2.24) is 5.32 Å². The molecule has 0 aromatic rings. The number of nitrogens with one attached hydrogen (secondary N) is 1. The molecule has 4 nitrogen and oxygen atoms in total. The van der Waals surface area contributed by atoms with Gasteiger partial charge >= 0.3 is 5.97 Å². The van der Waals surface area contributed by atoms with Crippen molar-refractivity contribution in [2.24, 2.45) is 5.92 Å². The Morgan fingerprint density at radius 1 is 1.31 bits per heavy atom. The summed E-state index contributed by atoms with van der Waals surface area (Å²) in [6.45, 7) is 1.41. The Bertz CT molecular complexity index is 207. The van der Waals surface area contributed by atoms with Gasteiger partial charge in [0, 0.05) is 12.1 Å². The minimum absolute atomic E-state index is 0.177.